The standard InChI is InChI=1S/C23H21N5OSi/c1-30(2,3)16-11-18-5-4-6-20(17-18)28-21(9-14-25-28)23-22(29)10-15-27(26-23)19-7-12-24-13-8-19/h4-10,12-15,17H,1-3H3. The average molecular weight is 412 g/mol. The molecule has 0 radical (unpaired) electrons. The van der Waals surface area contributed by atoms with Gasteiger partial charge in [-0.25, -0.2) is 9.36 Å². The van der Waals surface area contributed by atoms with E-state index in [1.165, 1.54) is 6.07 Å². The third-order valence-electron chi connectivity index (χ3n) is 4.29. The lowest BCUT2D eigenvalue weighted by molar-refractivity contribution is 0.821. The van der Waals surface area contributed by atoms with Crippen molar-refractivity contribution in [2.45, 2.75) is 19.6 Å². The second-order valence-corrected chi connectivity index (χ2v) is 12.6. The number of nitrogens with zero attached hydrogens (tertiary/aromatic N) is 5. The van der Waals surface area contributed by atoms with Crippen LogP contribution in [0, 0.1) is 11.5 Å². The summed E-state index contributed by atoms with van der Waals surface area (Å²) in [5, 5.41) is 8.99. The fraction of sp³-hybridized carbons (Fsp3) is 0.130. The van der Waals surface area contributed by atoms with Gasteiger partial charge in [-0.1, -0.05) is 31.6 Å². The van der Waals surface area contributed by atoms with E-state index >= 15 is 0 Å². The third kappa shape index (κ3) is 4.29. The third-order valence-corrected chi connectivity index (χ3v) is 5.17. The molecular formula is C23H21N5OSi. The Morgan fingerprint density at radius 2 is 1.73 bits per heavy atom. The maximum absolute atomic E-state index is 12.6. The van der Waals surface area contributed by atoms with E-state index in [4.69, 9.17) is 0 Å². The topological polar surface area (TPSA) is 65.6 Å². The maximum atomic E-state index is 12.6. The number of pyridine rings is 1. The molecule has 0 aliphatic heterocycles. The summed E-state index contributed by atoms with van der Waals surface area (Å²) in [5.74, 6) is 3.27. The van der Waals surface area contributed by atoms with Crippen LogP contribution < -0.4 is 5.43 Å². The molecule has 0 fully saturated rings. The second-order valence-electron chi connectivity index (χ2n) is 7.86. The van der Waals surface area contributed by atoms with Gasteiger partial charge in [0.1, 0.15) is 8.07 Å². The Hall–Kier alpha value is -3.76. The normalized spacial score (nSPS) is 11.0. The fourth-order valence-electron chi connectivity index (χ4n) is 2.89. The van der Waals surface area contributed by atoms with Crippen LogP contribution in [-0.2, 0) is 0 Å². The molecule has 0 bridgehead atoms. The number of benzene rings is 1. The van der Waals surface area contributed by atoms with Crippen molar-refractivity contribution >= 4 is 8.07 Å². The molecule has 3 aromatic heterocycles. The van der Waals surface area contributed by atoms with E-state index < -0.39 is 8.07 Å². The smallest absolute Gasteiger partial charge is 0.209 e. The number of hydrogen-bond acceptors (Lipinski definition) is 4. The van der Waals surface area contributed by atoms with E-state index in [9.17, 15) is 4.79 Å². The van der Waals surface area contributed by atoms with Crippen molar-refractivity contribution in [3.05, 3.63) is 89.1 Å². The minimum absolute atomic E-state index is 0.170. The van der Waals surface area contributed by atoms with Gasteiger partial charge in [-0.2, -0.15) is 10.2 Å². The van der Waals surface area contributed by atoms with Gasteiger partial charge < -0.3 is 0 Å². The summed E-state index contributed by atoms with van der Waals surface area (Å²) in [6, 6.07) is 14.8. The molecule has 0 spiro atoms. The Bertz CT molecular complexity index is 1310. The molecular weight excluding hydrogens is 390 g/mol. The zero-order valence-electron chi connectivity index (χ0n) is 17.1. The Morgan fingerprint density at radius 3 is 2.50 bits per heavy atom. The number of aromatic nitrogens is 5. The highest BCUT2D eigenvalue weighted by Crippen LogP contribution is 2.19. The number of hydrogen-bond donors (Lipinski definition) is 0. The molecule has 4 aromatic rings. The van der Waals surface area contributed by atoms with Crippen LogP contribution in [0.3, 0.4) is 0 Å². The molecule has 0 aliphatic carbocycles. The van der Waals surface area contributed by atoms with Gasteiger partial charge in [0, 0.05) is 30.2 Å². The highest BCUT2D eigenvalue weighted by atomic mass is 28.3. The Kier molecular flexibility index (Phi) is 5.17. The zero-order valence-corrected chi connectivity index (χ0v) is 18.1. The van der Waals surface area contributed by atoms with Crippen molar-refractivity contribution in [2.24, 2.45) is 0 Å². The predicted octanol–water partition coefficient (Wildman–Crippen LogP) is 3.71. The van der Waals surface area contributed by atoms with Gasteiger partial charge >= 0.3 is 0 Å². The van der Waals surface area contributed by atoms with E-state index in [1.54, 1.807) is 40.2 Å². The van der Waals surface area contributed by atoms with Crippen molar-refractivity contribution in [1.82, 2.24) is 24.5 Å². The van der Waals surface area contributed by atoms with Gasteiger partial charge in [-0.15, -0.1) is 5.54 Å². The van der Waals surface area contributed by atoms with Crippen molar-refractivity contribution in [3.8, 4) is 34.2 Å². The fourth-order valence-corrected chi connectivity index (χ4v) is 3.41. The second kappa shape index (κ2) is 7.93. The summed E-state index contributed by atoms with van der Waals surface area (Å²) in [5.41, 5.74) is 6.73. The molecule has 0 amide bonds. The summed E-state index contributed by atoms with van der Waals surface area (Å²) in [7, 11) is -1.48. The molecule has 6 nitrogen and oxygen atoms in total. The van der Waals surface area contributed by atoms with Gasteiger partial charge in [-0.05, 0) is 36.4 Å². The lowest BCUT2D eigenvalue weighted by Gasteiger charge is -2.10. The summed E-state index contributed by atoms with van der Waals surface area (Å²) in [6.07, 6.45) is 6.69. The first-order valence-electron chi connectivity index (χ1n) is 9.59. The molecule has 30 heavy (non-hydrogen) atoms. The Labute approximate surface area is 175 Å². The van der Waals surface area contributed by atoms with E-state index in [2.05, 4.69) is 46.3 Å². The molecule has 7 heteroatoms. The van der Waals surface area contributed by atoms with Gasteiger partial charge in [0.25, 0.3) is 0 Å². The first-order valence-corrected chi connectivity index (χ1v) is 13.1. The summed E-state index contributed by atoms with van der Waals surface area (Å²) in [6.45, 7) is 6.64. The predicted molar refractivity (Wildman–Crippen MR) is 120 cm³/mol. The summed E-state index contributed by atoms with van der Waals surface area (Å²) in [4.78, 5) is 16.6. The van der Waals surface area contributed by atoms with Crippen molar-refractivity contribution in [3.63, 3.8) is 0 Å². The molecule has 0 saturated carbocycles. The van der Waals surface area contributed by atoms with Crippen LogP contribution in [0.2, 0.25) is 19.6 Å². The van der Waals surface area contributed by atoms with Crippen molar-refractivity contribution in [1.29, 1.82) is 0 Å². The minimum atomic E-state index is -1.48. The van der Waals surface area contributed by atoms with E-state index in [0.717, 1.165) is 16.9 Å². The van der Waals surface area contributed by atoms with Gasteiger partial charge in [0.15, 0.2) is 5.69 Å². The van der Waals surface area contributed by atoms with Crippen LogP contribution in [0.25, 0.3) is 22.8 Å². The quantitative estimate of drug-likeness (QED) is 0.381. The van der Waals surface area contributed by atoms with Crippen molar-refractivity contribution < 1.29 is 0 Å². The average Bonchev–Trinajstić information content (AvgIpc) is 3.23. The van der Waals surface area contributed by atoms with E-state index in [-0.39, 0.29) is 5.43 Å². The van der Waals surface area contributed by atoms with Crippen LogP contribution in [0.5, 0.6) is 0 Å². The minimum Gasteiger partial charge on any atom is -0.287 e. The lowest BCUT2D eigenvalue weighted by Crippen LogP contribution is -2.16. The molecule has 0 atom stereocenters. The van der Waals surface area contributed by atoms with Crippen LogP contribution in [0.4, 0.5) is 0 Å². The van der Waals surface area contributed by atoms with Gasteiger partial charge in [-0.3, -0.25) is 9.78 Å². The summed E-state index contributed by atoms with van der Waals surface area (Å²) >= 11 is 0. The first kappa shape index (κ1) is 19.5. The monoisotopic (exact) mass is 411 g/mol. The highest BCUT2D eigenvalue weighted by Gasteiger charge is 2.14. The van der Waals surface area contributed by atoms with Gasteiger partial charge in [0.2, 0.25) is 5.43 Å². The van der Waals surface area contributed by atoms with Gasteiger partial charge in [0.05, 0.1) is 23.3 Å². The van der Waals surface area contributed by atoms with Crippen LogP contribution in [0.1, 0.15) is 5.56 Å². The molecule has 148 valence electrons. The molecule has 0 unspecified atom stereocenters. The molecule has 3 heterocycles. The SMILES string of the molecule is C[Si](C)(C)C#Cc1cccc(-n2nccc2-c2nn(-c3ccncc3)ccc2=O)c1. The first-order chi connectivity index (χ1) is 14.4. The van der Waals surface area contributed by atoms with Crippen LogP contribution in [0.15, 0.2) is 78.1 Å². The zero-order chi connectivity index (χ0) is 21.1. The van der Waals surface area contributed by atoms with E-state index in [1.807, 2.05) is 36.4 Å². The van der Waals surface area contributed by atoms with Crippen LogP contribution in [-0.4, -0.2) is 32.6 Å². The molecule has 1 aromatic carbocycles. The molecule has 0 aliphatic rings. The van der Waals surface area contributed by atoms with Crippen LogP contribution >= 0.6 is 0 Å². The Balaban J connectivity index is 1.78. The Morgan fingerprint density at radius 1 is 0.933 bits per heavy atom. The van der Waals surface area contributed by atoms with Crippen molar-refractivity contribution in [2.75, 3.05) is 0 Å². The molecule has 4 rings (SSSR count). The molecule has 0 saturated heterocycles. The molecule has 0 N–H and O–H groups in total. The lowest BCUT2D eigenvalue weighted by atomic mass is 10.2. The largest absolute Gasteiger partial charge is 0.287 e. The highest BCUT2D eigenvalue weighted by molar-refractivity contribution is 6.83. The summed E-state index contributed by atoms with van der Waals surface area (Å²) < 4.78 is 3.38. The maximum Gasteiger partial charge on any atom is 0.209 e. The number of rotatable bonds is 3. The van der Waals surface area contributed by atoms with E-state index in [0.29, 0.717) is 11.4 Å².